The van der Waals surface area contributed by atoms with E-state index in [1.54, 1.807) is 30.1 Å². The second-order valence-corrected chi connectivity index (χ2v) is 7.41. The Bertz CT molecular complexity index is 1080. The zero-order valence-corrected chi connectivity index (χ0v) is 14.1. The van der Waals surface area contributed by atoms with E-state index < -0.39 is 0 Å². The van der Waals surface area contributed by atoms with Crippen molar-refractivity contribution in [3.05, 3.63) is 45.5 Å². The van der Waals surface area contributed by atoms with Gasteiger partial charge in [-0.05, 0) is 19.1 Å². The zero-order valence-electron chi connectivity index (χ0n) is 12.4. The molecule has 0 atom stereocenters. The number of hydrogen-bond acceptors (Lipinski definition) is 7. The fourth-order valence-electron chi connectivity index (χ4n) is 2.45. The lowest BCUT2D eigenvalue weighted by Crippen LogP contribution is -2.20. The molecule has 0 unspecified atom stereocenters. The highest BCUT2D eigenvalue weighted by molar-refractivity contribution is 8.00. The minimum Gasteiger partial charge on any atom is -0.279 e. The van der Waals surface area contributed by atoms with E-state index in [-0.39, 0.29) is 5.56 Å². The minimum absolute atomic E-state index is 0.0700. The summed E-state index contributed by atoms with van der Waals surface area (Å²) in [4.78, 5) is 12.4. The fraction of sp³-hybridized carbons (Fsp3) is 0.214. The fourth-order valence-corrected chi connectivity index (χ4v) is 4.18. The lowest BCUT2D eigenvalue weighted by Gasteiger charge is -2.07. The Morgan fingerprint density at radius 3 is 2.78 bits per heavy atom. The molecule has 23 heavy (non-hydrogen) atoms. The molecule has 4 aromatic rings. The maximum Gasteiger partial charge on any atom is 0.262 e. The van der Waals surface area contributed by atoms with Gasteiger partial charge in [-0.2, -0.15) is 0 Å². The van der Waals surface area contributed by atoms with Gasteiger partial charge >= 0.3 is 0 Å². The number of benzene rings is 1. The van der Waals surface area contributed by atoms with Crippen molar-refractivity contribution in [3.63, 3.8) is 0 Å². The van der Waals surface area contributed by atoms with Gasteiger partial charge in [0.1, 0.15) is 10.8 Å². The Labute approximate surface area is 139 Å². The van der Waals surface area contributed by atoms with Crippen LogP contribution in [0.4, 0.5) is 0 Å². The van der Waals surface area contributed by atoms with Crippen molar-refractivity contribution < 1.29 is 0 Å². The van der Waals surface area contributed by atoms with Crippen LogP contribution >= 0.6 is 23.1 Å². The van der Waals surface area contributed by atoms with E-state index in [1.165, 1.54) is 4.57 Å². The number of para-hydroxylation sites is 1. The van der Waals surface area contributed by atoms with E-state index in [9.17, 15) is 4.79 Å². The van der Waals surface area contributed by atoms with Gasteiger partial charge in [0.05, 0.1) is 16.7 Å². The second-order valence-electron chi connectivity index (χ2n) is 5.01. The SMILES string of the molecule is Cc1nnc(SCc2nnc3n(C)c(=O)c4ccccc4n23)s1. The van der Waals surface area contributed by atoms with Crippen LogP contribution in [0.3, 0.4) is 0 Å². The molecule has 1 aromatic carbocycles. The van der Waals surface area contributed by atoms with Crippen LogP contribution in [-0.2, 0) is 12.8 Å². The summed E-state index contributed by atoms with van der Waals surface area (Å²) in [5, 5.41) is 18.1. The zero-order chi connectivity index (χ0) is 16.0. The van der Waals surface area contributed by atoms with E-state index >= 15 is 0 Å². The third-order valence-electron chi connectivity index (χ3n) is 3.53. The summed E-state index contributed by atoms with van der Waals surface area (Å²) in [6.07, 6.45) is 0. The summed E-state index contributed by atoms with van der Waals surface area (Å²) in [5.74, 6) is 1.93. The van der Waals surface area contributed by atoms with Crippen molar-refractivity contribution >= 4 is 39.8 Å². The van der Waals surface area contributed by atoms with Gasteiger partial charge in [-0.25, -0.2) is 0 Å². The molecule has 3 aromatic heterocycles. The molecule has 9 heteroatoms. The molecule has 0 fully saturated rings. The predicted octanol–water partition coefficient (Wildman–Crippen LogP) is 2.03. The standard InChI is InChI=1S/C14H12N6OS2/c1-8-15-18-14(23-8)22-7-11-16-17-13-19(2)12(21)9-5-3-4-6-10(9)20(11)13/h3-6H,7H2,1-2H3. The van der Waals surface area contributed by atoms with Crippen LogP contribution in [0, 0.1) is 6.92 Å². The maximum atomic E-state index is 12.4. The number of hydrogen-bond donors (Lipinski definition) is 0. The van der Waals surface area contributed by atoms with Gasteiger partial charge < -0.3 is 0 Å². The van der Waals surface area contributed by atoms with Gasteiger partial charge in [0, 0.05) is 7.05 Å². The molecule has 0 N–H and O–H groups in total. The van der Waals surface area contributed by atoms with Gasteiger partial charge in [-0.15, -0.1) is 20.4 Å². The number of aromatic nitrogens is 6. The molecule has 0 radical (unpaired) electrons. The summed E-state index contributed by atoms with van der Waals surface area (Å²) in [5.41, 5.74) is 0.749. The minimum atomic E-state index is -0.0700. The third-order valence-corrected chi connectivity index (χ3v) is 5.49. The highest BCUT2D eigenvalue weighted by Gasteiger charge is 2.15. The molecule has 0 aliphatic rings. The molecular weight excluding hydrogens is 332 g/mol. The first-order valence-electron chi connectivity index (χ1n) is 6.90. The van der Waals surface area contributed by atoms with Gasteiger partial charge in [-0.1, -0.05) is 35.2 Å². The third kappa shape index (κ3) is 2.32. The van der Waals surface area contributed by atoms with Crippen LogP contribution in [0.25, 0.3) is 16.7 Å². The lowest BCUT2D eigenvalue weighted by atomic mass is 10.2. The molecule has 4 rings (SSSR count). The average Bonchev–Trinajstić information content (AvgIpc) is 3.17. The molecule has 0 amide bonds. The topological polar surface area (TPSA) is 78.0 Å². The molecule has 0 saturated heterocycles. The molecule has 0 spiro atoms. The van der Waals surface area contributed by atoms with Crippen molar-refractivity contribution in [3.8, 4) is 0 Å². The van der Waals surface area contributed by atoms with Gasteiger partial charge in [-0.3, -0.25) is 13.8 Å². The number of rotatable bonds is 3. The number of thioether (sulfide) groups is 1. The number of fused-ring (bicyclic) bond motifs is 3. The van der Waals surface area contributed by atoms with Gasteiger partial charge in [0.15, 0.2) is 4.34 Å². The molecule has 7 nitrogen and oxygen atoms in total. The summed E-state index contributed by atoms with van der Waals surface area (Å²) >= 11 is 3.12. The van der Waals surface area contributed by atoms with E-state index in [0.717, 1.165) is 20.7 Å². The predicted molar refractivity (Wildman–Crippen MR) is 89.9 cm³/mol. The average molecular weight is 344 g/mol. The number of aryl methyl sites for hydroxylation is 2. The normalized spacial score (nSPS) is 11.6. The van der Waals surface area contributed by atoms with Gasteiger partial charge in [0.25, 0.3) is 5.56 Å². The van der Waals surface area contributed by atoms with E-state index in [1.807, 2.05) is 35.6 Å². The Morgan fingerprint density at radius 2 is 2.00 bits per heavy atom. The Morgan fingerprint density at radius 1 is 1.17 bits per heavy atom. The Kier molecular flexibility index (Phi) is 3.38. The smallest absolute Gasteiger partial charge is 0.262 e. The largest absolute Gasteiger partial charge is 0.279 e. The molecule has 0 aliphatic heterocycles. The van der Waals surface area contributed by atoms with Crippen LogP contribution in [0.5, 0.6) is 0 Å². The monoisotopic (exact) mass is 344 g/mol. The Hall–Kier alpha value is -2.26. The summed E-state index contributed by atoms with van der Waals surface area (Å²) in [6.45, 7) is 1.93. The first-order valence-corrected chi connectivity index (χ1v) is 8.70. The summed E-state index contributed by atoms with van der Waals surface area (Å²) in [7, 11) is 1.71. The molecule has 3 heterocycles. The van der Waals surface area contributed by atoms with Crippen molar-refractivity contribution in [2.75, 3.05) is 0 Å². The summed E-state index contributed by atoms with van der Waals surface area (Å²) in [6, 6.07) is 7.50. The maximum absolute atomic E-state index is 12.4. The van der Waals surface area contributed by atoms with E-state index in [4.69, 9.17) is 0 Å². The van der Waals surface area contributed by atoms with Gasteiger partial charge in [0.2, 0.25) is 5.78 Å². The molecular formula is C14H12N6OS2. The molecule has 0 bridgehead atoms. The van der Waals surface area contributed by atoms with Crippen molar-refractivity contribution in [1.82, 2.24) is 29.4 Å². The van der Waals surface area contributed by atoms with Crippen LogP contribution in [0.2, 0.25) is 0 Å². The Balaban J connectivity index is 1.86. The molecule has 0 saturated carbocycles. The van der Waals surface area contributed by atoms with Crippen molar-refractivity contribution in [2.45, 2.75) is 17.0 Å². The highest BCUT2D eigenvalue weighted by atomic mass is 32.2. The molecule has 116 valence electrons. The van der Waals surface area contributed by atoms with Crippen molar-refractivity contribution in [2.24, 2.45) is 7.05 Å². The van der Waals surface area contributed by atoms with Crippen LogP contribution in [0.15, 0.2) is 33.4 Å². The van der Waals surface area contributed by atoms with E-state index in [0.29, 0.717) is 16.9 Å². The van der Waals surface area contributed by atoms with Crippen molar-refractivity contribution in [1.29, 1.82) is 0 Å². The van der Waals surface area contributed by atoms with Crippen LogP contribution in [0.1, 0.15) is 10.8 Å². The number of nitrogens with zero attached hydrogens (tertiary/aromatic N) is 6. The first-order chi connectivity index (χ1) is 11.1. The van der Waals surface area contributed by atoms with Crippen LogP contribution in [-0.4, -0.2) is 29.4 Å². The molecule has 0 aliphatic carbocycles. The summed E-state index contributed by atoms with van der Waals surface area (Å²) < 4.78 is 4.35. The second kappa shape index (κ2) is 5.43. The lowest BCUT2D eigenvalue weighted by molar-refractivity contribution is 0.857. The quantitative estimate of drug-likeness (QED) is 0.529. The van der Waals surface area contributed by atoms with E-state index in [2.05, 4.69) is 20.4 Å². The van der Waals surface area contributed by atoms with Crippen LogP contribution < -0.4 is 5.56 Å². The highest BCUT2D eigenvalue weighted by Crippen LogP contribution is 2.26. The first kappa shape index (κ1) is 14.3.